The van der Waals surface area contributed by atoms with Crippen LogP contribution in [0.3, 0.4) is 0 Å². The number of rotatable bonds is 4. The summed E-state index contributed by atoms with van der Waals surface area (Å²) in [7, 11) is 1.61. The molecule has 1 fully saturated rings. The first-order valence-electron chi connectivity index (χ1n) is 8.84. The van der Waals surface area contributed by atoms with E-state index in [1.54, 1.807) is 16.9 Å². The van der Waals surface area contributed by atoms with Crippen LogP contribution in [0.2, 0.25) is 0 Å². The lowest BCUT2D eigenvalue weighted by atomic mass is 10.1. The van der Waals surface area contributed by atoms with Crippen LogP contribution in [0.1, 0.15) is 5.56 Å². The number of amides is 1. The number of thiocarbonyl (C=S) groups is 1. The second-order valence-electron chi connectivity index (χ2n) is 6.20. The third-order valence-electron chi connectivity index (χ3n) is 4.51. The second-order valence-corrected chi connectivity index (χ2v) is 6.57. The van der Waals surface area contributed by atoms with Crippen LogP contribution in [0, 0.1) is 0 Å². The third-order valence-corrected chi connectivity index (χ3v) is 4.87. The van der Waals surface area contributed by atoms with Crippen LogP contribution in [0.4, 0.5) is 11.4 Å². The maximum absolute atomic E-state index is 13.4. The number of nitrogens with zero attached hydrogens (tertiary/aromatic N) is 2. The molecule has 1 aliphatic rings. The molecule has 0 aliphatic carbocycles. The fraction of sp³-hybridized carbons (Fsp3) is 0.0435. The van der Waals surface area contributed by atoms with E-state index in [4.69, 9.17) is 17.0 Å². The van der Waals surface area contributed by atoms with Gasteiger partial charge in [0.1, 0.15) is 11.4 Å². The summed E-state index contributed by atoms with van der Waals surface area (Å²) in [5.41, 5.74) is 2.86. The van der Waals surface area contributed by atoms with Crippen molar-refractivity contribution >= 4 is 40.7 Å². The first-order chi connectivity index (χ1) is 13.7. The smallest absolute Gasteiger partial charge is 0.281 e. The van der Waals surface area contributed by atoms with Gasteiger partial charge in [0.05, 0.1) is 12.8 Å². The molecule has 0 N–H and O–H groups in total. The maximum Gasteiger partial charge on any atom is 0.281 e. The van der Waals surface area contributed by atoms with Crippen LogP contribution in [-0.4, -0.2) is 18.1 Å². The van der Waals surface area contributed by atoms with Crippen molar-refractivity contribution < 1.29 is 9.53 Å². The minimum absolute atomic E-state index is 0.175. The highest BCUT2D eigenvalue weighted by Crippen LogP contribution is 2.34. The molecule has 1 aliphatic heterocycles. The Morgan fingerprint density at radius 1 is 0.786 bits per heavy atom. The summed E-state index contributed by atoms with van der Waals surface area (Å²) >= 11 is 5.72. The van der Waals surface area contributed by atoms with Crippen molar-refractivity contribution in [2.75, 3.05) is 16.9 Å². The second kappa shape index (κ2) is 7.66. The molecular formula is C23H18N2O2S. The molecule has 0 unspecified atom stereocenters. The maximum atomic E-state index is 13.4. The molecule has 5 heteroatoms. The number of methoxy groups -OCH3 is 1. The van der Waals surface area contributed by atoms with Crippen LogP contribution >= 0.6 is 12.2 Å². The molecule has 1 amide bonds. The molecule has 1 heterocycles. The van der Waals surface area contributed by atoms with Crippen LogP contribution in [-0.2, 0) is 4.79 Å². The van der Waals surface area contributed by atoms with Gasteiger partial charge in [-0.2, -0.15) is 0 Å². The van der Waals surface area contributed by atoms with E-state index in [0.29, 0.717) is 16.6 Å². The molecule has 0 atom stereocenters. The van der Waals surface area contributed by atoms with E-state index in [9.17, 15) is 4.79 Å². The molecule has 0 radical (unpaired) electrons. The Labute approximate surface area is 169 Å². The van der Waals surface area contributed by atoms with E-state index in [1.165, 1.54) is 0 Å². The molecular weight excluding hydrogens is 368 g/mol. The molecule has 4 rings (SSSR count). The summed E-state index contributed by atoms with van der Waals surface area (Å²) in [5, 5.41) is 0.420. The van der Waals surface area contributed by atoms with Crippen LogP contribution in [0.25, 0.3) is 6.08 Å². The van der Waals surface area contributed by atoms with Gasteiger partial charge in [-0.05, 0) is 48.6 Å². The monoisotopic (exact) mass is 386 g/mol. The van der Waals surface area contributed by atoms with Gasteiger partial charge in [-0.25, -0.2) is 0 Å². The lowest BCUT2D eigenvalue weighted by molar-refractivity contribution is -0.113. The van der Waals surface area contributed by atoms with E-state index in [0.717, 1.165) is 16.9 Å². The third kappa shape index (κ3) is 3.17. The van der Waals surface area contributed by atoms with Gasteiger partial charge in [-0.3, -0.25) is 14.6 Å². The van der Waals surface area contributed by atoms with Crippen molar-refractivity contribution in [1.82, 2.24) is 0 Å². The number of hydrogen-bond acceptors (Lipinski definition) is 3. The molecule has 3 aromatic rings. The summed E-state index contributed by atoms with van der Waals surface area (Å²) in [5.74, 6) is 0.519. The van der Waals surface area contributed by atoms with Crippen molar-refractivity contribution in [2.24, 2.45) is 0 Å². The summed E-state index contributed by atoms with van der Waals surface area (Å²) in [6, 6.07) is 26.7. The largest absolute Gasteiger partial charge is 0.496 e. The van der Waals surface area contributed by atoms with E-state index in [-0.39, 0.29) is 5.91 Å². The Morgan fingerprint density at radius 2 is 1.32 bits per heavy atom. The zero-order chi connectivity index (χ0) is 19.5. The number of anilines is 2. The number of benzene rings is 3. The SMILES string of the molecule is COc1ccccc1/C=C1\C(=O)N(c2ccccc2)C(=S)N1c1ccccc1. The molecule has 0 spiro atoms. The first kappa shape index (κ1) is 17.9. The minimum atomic E-state index is -0.175. The van der Waals surface area contributed by atoms with Gasteiger partial charge >= 0.3 is 0 Å². The highest BCUT2D eigenvalue weighted by Gasteiger charge is 2.39. The molecule has 0 aromatic heterocycles. The van der Waals surface area contributed by atoms with Crippen molar-refractivity contribution in [3.8, 4) is 5.75 Å². The predicted octanol–water partition coefficient (Wildman–Crippen LogP) is 4.87. The number of carbonyl (C=O) groups is 1. The molecule has 1 saturated heterocycles. The van der Waals surface area contributed by atoms with Gasteiger partial charge in [0.2, 0.25) is 0 Å². The van der Waals surface area contributed by atoms with Gasteiger partial charge in [-0.1, -0.05) is 54.6 Å². The number of para-hydroxylation sites is 3. The molecule has 3 aromatic carbocycles. The number of carbonyl (C=O) groups excluding carboxylic acids is 1. The average Bonchev–Trinajstić information content (AvgIpc) is 2.99. The normalized spacial score (nSPS) is 15.4. The Balaban J connectivity index is 1.87. The van der Waals surface area contributed by atoms with Crippen molar-refractivity contribution in [3.05, 3.63) is 96.2 Å². The lowest BCUT2D eigenvalue weighted by Crippen LogP contribution is -2.32. The predicted molar refractivity (Wildman–Crippen MR) is 116 cm³/mol. The van der Waals surface area contributed by atoms with Crippen molar-refractivity contribution in [3.63, 3.8) is 0 Å². The Bertz CT molecular complexity index is 1050. The first-order valence-corrected chi connectivity index (χ1v) is 9.25. The van der Waals surface area contributed by atoms with Crippen LogP contribution in [0.5, 0.6) is 5.75 Å². The Morgan fingerprint density at radius 3 is 1.93 bits per heavy atom. The molecule has 0 saturated carbocycles. The van der Waals surface area contributed by atoms with Crippen molar-refractivity contribution in [1.29, 1.82) is 0 Å². The van der Waals surface area contributed by atoms with Gasteiger partial charge in [0, 0.05) is 11.3 Å². The van der Waals surface area contributed by atoms with Gasteiger partial charge in [-0.15, -0.1) is 0 Å². The number of ether oxygens (including phenoxy) is 1. The lowest BCUT2D eigenvalue weighted by Gasteiger charge is -2.20. The summed E-state index contributed by atoms with van der Waals surface area (Å²) < 4.78 is 5.45. The summed E-state index contributed by atoms with van der Waals surface area (Å²) in [4.78, 5) is 16.8. The number of hydrogen-bond donors (Lipinski definition) is 0. The highest BCUT2D eigenvalue weighted by molar-refractivity contribution is 7.81. The zero-order valence-corrected chi connectivity index (χ0v) is 16.1. The highest BCUT2D eigenvalue weighted by atomic mass is 32.1. The average molecular weight is 386 g/mol. The summed E-state index contributed by atoms with van der Waals surface area (Å²) in [6.45, 7) is 0. The fourth-order valence-corrected chi connectivity index (χ4v) is 3.58. The summed E-state index contributed by atoms with van der Waals surface area (Å²) in [6.07, 6.45) is 1.82. The van der Waals surface area contributed by atoms with Gasteiger partial charge in [0.25, 0.3) is 5.91 Å². The van der Waals surface area contributed by atoms with Crippen LogP contribution in [0.15, 0.2) is 90.6 Å². The zero-order valence-electron chi connectivity index (χ0n) is 15.3. The van der Waals surface area contributed by atoms with Crippen LogP contribution < -0.4 is 14.5 Å². The van der Waals surface area contributed by atoms with E-state index >= 15 is 0 Å². The standard InChI is InChI=1S/C23H18N2O2S/c1-27-21-15-9-8-10-17(21)16-20-22(26)25(19-13-6-3-7-14-19)23(28)24(20)18-11-4-2-5-12-18/h2-16H,1H3/b20-16+. The molecule has 4 nitrogen and oxygen atoms in total. The molecule has 28 heavy (non-hydrogen) atoms. The van der Waals surface area contributed by atoms with E-state index in [2.05, 4.69) is 0 Å². The molecule has 138 valence electrons. The van der Waals surface area contributed by atoms with E-state index in [1.807, 2.05) is 91.0 Å². The Kier molecular flexibility index (Phi) is 4.91. The Hall–Kier alpha value is -3.44. The van der Waals surface area contributed by atoms with Gasteiger partial charge in [0.15, 0.2) is 5.11 Å². The van der Waals surface area contributed by atoms with Crippen molar-refractivity contribution in [2.45, 2.75) is 0 Å². The minimum Gasteiger partial charge on any atom is -0.496 e. The quantitative estimate of drug-likeness (QED) is 0.473. The topological polar surface area (TPSA) is 32.8 Å². The fourth-order valence-electron chi connectivity index (χ4n) is 3.19. The van der Waals surface area contributed by atoms with E-state index < -0.39 is 0 Å². The van der Waals surface area contributed by atoms with Gasteiger partial charge < -0.3 is 4.74 Å². The molecule has 0 bridgehead atoms.